The summed E-state index contributed by atoms with van der Waals surface area (Å²) >= 11 is 6.82. The van der Waals surface area contributed by atoms with Crippen molar-refractivity contribution < 1.29 is 18.0 Å². The highest BCUT2D eigenvalue weighted by atomic mass is 35.5. The van der Waals surface area contributed by atoms with Crippen molar-refractivity contribution in [3.05, 3.63) is 64.9 Å². The minimum Gasteiger partial charge on any atom is -0.351 e. The molecule has 1 heterocycles. The van der Waals surface area contributed by atoms with Crippen LogP contribution in [-0.4, -0.2) is 21.6 Å². The second-order valence-corrected chi connectivity index (χ2v) is 6.96. The molecule has 0 aliphatic rings. The van der Waals surface area contributed by atoms with Gasteiger partial charge in [-0.25, -0.2) is 9.97 Å². The van der Waals surface area contributed by atoms with Gasteiger partial charge in [0.2, 0.25) is 11.7 Å². The van der Waals surface area contributed by atoms with Gasteiger partial charge in [0.05, 0.1) is 11.3 Å². The SMILES string of the molecule is O=C(CSc1nc(C(F)(F)F)nc2ccccc12)NCc1cccc(Cl)c1. The standard InChI is InChI=1S/C18H13ClF3N3OS/c19-12-5-3-4-11(8-12)9-23-15(26)10-27-16-13-6-1-2-7-14(13)24-17(25-16)18(20,21)22/h1-8H,9-10H2,(H,23,26). The van der Waals surface area contributed by atoms with Crippen molar-refractivity contribution in [2.75, 3.05) is 5.75 Å². The Morgan fingerprint density at radius 1 is 1.11 bits per heavy atom. The number of nitrogens with zero attached hydrogens (tertiary/aromatic N) is 2. The largest absolute Gasteiger partial charge is 0.451 e. The van der Waals surface area contributed by atoms with Crippen LogP contribution in [0.5, 0.6) is 0 Å². The third-order valence-electron chi connectivity index (χ3n) is 3.54. The molecule has 0 saturated carbocycles. The molecule has 1 aromatic heterocycles. The number of amides is 1. The van der Waals surface area contributed by atoms with E-state index in [4.69, 9.17) is 11.6 Å². The number of rotatable bonds is 5. The summed E-state index contributed by atoms with van der Waals surface area (Å²) < 4.78 is 39.0. The first-order valence-corrected chi connectivity index (χ1v) is 9.17. The lowest BCUT2D eigenvalue weighted by molar-refractivity contribution is -0.145. The predicted octanol–water partition coefficient (Wildman–Crippen LogP) is 4.71. The van der Waals surface area contributed by atoms with Gasteiger partial charge in [0.15, 0.2) is 0 Å². The third-order valence-corrected chi connectivity index (χ3v) is 4.77. The topological polar surface area (TPSA) is 54.9 Å². The lowest BCUT2D eigenvalue weighted by Crippen LogP contribution is -2.24. The van der Waals surface area contributed by atoms with Crippen LogP contribution in [0.1, 0.15) is 11.4 Å². The van der Waals surface area contributed by atoms with Crippen LogP contribution in [0.4, 0.5) is 13.2 Å². The molecule has 0 aliphatic carbocycles. The van der Waals surface area contributed by atoms with Crippen LogP contribution >= 0.6 is 23.4 Å². The van der Waals surface area contributed by atoms with Gasteiger partial charge in [0.1, 0.15) is 5.03 Å². The Morgan fingerprint density at radius 3 is 2.63 bits per heavy atom. The van der Waals surface area contributed by atoms with E-state index >= 15 is 0 Å². The van der Waals surface area contributed by atoms with E-state index < -0.39 is 12.0 Å². The number of fused-ring (bicyclic) bond motifs is 1. The third kappa shape index (κ3) is 5.11. The highest BCUT2D eigenvalue weighted by Gasteiger charge is 2.35. The maximum Gasteiger partial charge on any atom is 0.451 e. The minimum absolute atomic E-state index is 0.0706. The molecule has 0 radical (unpaired) electrons. The van der Waals surface area contributed by atoms with Crippen LogP contribution in [0.2, 0.25) is 5.02 Å². The molecule has 27 heavy (non-hydrogen) atoms. The Kier molecular flexibility index (Phi) is 5.86. The van der Waals surface area contributed by atoms with Gasteiger partial charge in [-0.15, -0.1) is 0 Å². The van der Waals surface area contributed by atoms with Gasteiger partial charge in [-0.2, -0.15) is 13.2 Å². The first-order valence-electron chi connectivity index (χ1n) is 7.81. The highest BCUT2D eigenvalue weighted by molar-refractivity contribution is 8.00. The number of hydrogen-bond acceptors (Lipinski definition) is 4. The Morgan fingerprint density at radius 2 is 1.89 bits per heavy atom. The van der Waals surface area contributed by atoms with Crippen LogP contribution < -0.4 is 5.32 Å². The normalized spacial score (nSPS) is 11.6. The van der Waals surface area contributed by atoms with E-state index in [1.54, 1.807) is 36.4 Å². The van der Waals surface area contributed by atoms with E-state index in [0.29, 0.717) is 10.4 Å². The molecule has 0 fully saturated rings. The molecule has 0 bridgehead atoms. The number of nitrogens with one attached hydrogen (secondary N) is 1. The molecule has 3 rings (SSSR count). The summed E-state index contributed by atoms with van der Waals surface area (Å²) in [6, 6.07) is 13.4. The Labute approximate surface area is 162 Å². The number of benzene rings is 2. The van der Waals surface area contributed by atoms with E-state index in [1.807, 2.05) is 6.07 Å². The van der Waals surface area contributed by atoms with E-state index in [9.17, 15) is 18.0 Å². The number of aromatic nitrogens is 2. The van der Waals surface area contributed by atoms with E-state index in [-0.39, 0.29) is 28.7 Å². The zero-order valence-electron chi connectivity index (χ0n) is 13.8. The van der Waals surface area contributed by atoms with Crippen molar-refractivity contribution in [1.82, 2.24) is 15.3 Å². The maximum atomic E-state index is 13.0. The van der Waals surface area contributed by atoms with Crippen LogP contribution in [0.25, 0.3) is 10.9 Å². The zero-order chi connectivity index (χ0) is 19.4. The summed E-state index contributed by atoms with van der Waals surface area (Å²) in [6.07, 6.45) is -4.66. The fourth-order valence-corrected chi connectivity index (χ4v) is 3.38. The summed E-state index contributed by atoms with van der Waals surface area (Å²) in [6.45, 7) is 0.276. The average molecular weight is 412 g/mol. The molecule has 1 N–H and O–H groups in total. The lowest BCUT2D eigenvalue weighted by atomic mass is 10.2. The Bertz CT molecular complexity index is 981. The summed E-state index contributed by atoms with van der Waals surface area (Å²) in [5.41, 5.74) is 1.01. The molecule has 9 heteroatoms. The first kappa shape index (κ1) is 19.4. The second-order valence-electron chi connectivity index (χ2n) is 5.56. The number of carbonyl (C=O) groups excluding carboxylic acids is 1. The monoisotopic (exact) mass is 411 g/mol. The van der Waals surface area contributed by atoms with Gasteiger partial charge in [0.25, 0.3) is 0 Å². The highest BCUT2D eigenvalue weighted by Crippen LogP contribution is 2.31. The predicted molar refractivity (Wildman–Crippen MR) is 98.6 cm³/mol. The smallest absolute Gasteiger partial charge is 0.351 e. The number of carbonyl (C=O) groups is 1. The van der Waals surface area contributed by atoms with Gasteiger partial charge in [-0.1, -0.05) is 53.7 Å². The number of thioether (sulfide) groups is 1. The van der Waals surface area contributed by atoms with Crippen molar-refractivity contribution >= 4 is 40.2 Å². The minimum atomic E-state index is -4.66. The zero-order valence-corrected chi connectivity index (χ0v) is 15.3. The number of para-hydroxylation sites is 1. The average Bonchev–Trinajstić information content (AvgIpc) is 2.63. The first-order chi connectivity index (χ1) is 12.8. The maximum absolute atomic E-state index is 13.0. The van der Waals surface area contributed by atoms with Crippen molar-refractivity contribution in [3.63, 3.8) is 0 Å². The number of halogens is 4. The molecule has 0 unspecified atom stereocenters. The molecule has 0 saturated heterocycles. The fourth-order valence-electron chi connectivity index (χ4n) is 2.32. The lowest BCUT2D eigenvalue weighted by Gasteiger charge is -2.10. The van der Waals surface area contributed by atoms with Crippen molar-refractivity contribution in [1.29, 1.82) is 0 Å². The van der Waals surface area contributed by atoms with E-state index in [0.717, 1.165) is 17.3 Å². The summed E-state index contributed by atoms with van der Waals surface area (Å²) in [7, 11) is 0. The van der Waals surface area contributed by atoms with Crippen LogP contribution in [0.15, 0.2) is 53.6 Å². The Balaban J connectivity index is 1.71. The molecule has 0 aliphatic heterocycles. The van der Waals surface area contributed by atoms with Gasteiger partial charge < -0.3 is 5.32 Å². The van der Waals surface area contributed by atoms with E-state index in [2.05, 4.69) is 15.3 Å². The number of hydrogen-bond donors (Lipinski definition) is 1. The fraction of sp³-hybridized carbons (Fsp3) is 0.167. The molecule has 140 valence electrons. The molecule has 0 atom stereocenters. The molecule has 2 aromatic carbocycles. The second kappa shape index (κ2) is 8.14. The van der Waals surface area contributed by atoms with Crippen molar-refractivity contribution in [2.45, 2.75) is 17.7 Å². The molecular formula is C18H13ClF3N3OS. The molecule has 1 amide bonds. The van der Waals surface area contributed by atoms with Crippen molar-refractivity contribution in [3.8, 4) is 0 Å². The van der Waals surface area contributed by atoms with Gasteiger partial charge >= 0.3 is 6.18 Å². The van der Waals surface area contributed by atoms with Crippen LogP contribution in [0.3, 0.4) is 0 Å². The van der Waals surface area contributed by atoms with Crippen molar-refractivity contribution in [2.24, 2.45) is 0 Å². The van der Waals surface area contributed by atoms with Gasteiger partial charge in [-0.3, -0.25) is 4.79 Å². The molecule has 3 aromatic rings. The van der Waals surface area contributed by atoms with Gasteiger partial charge in [-0.05, 0) is 23.8 Å². The molecule has 4 nitrogen and oxygen atoms in total. The molecule has 0 spiro atoms. The summed E-state index contributed by atoms with van der Waals surface area (Å²) in [5, 5.41) is 3.85. The quantitative estimate of drug-likeness (QED) is 0.488. The van der Waals surface area contributed by atoms with Crippen LogP contribution in [-0.2, 0) is 17.5 Å². The Hall–Kier alpha value is -2.32. The summed E-state index contributed by atoms with van der Waals surface area (Å²) in [5.74, 6) is -1.61. The van der Waals surface area contributed by atoms with Gasteiger partial charge in [0, 0.05) is 17.0 Å². The van der Waals surface area contributed by atoms with Crippen LogP contribution in [0, 0.1) is 0 Å². The van der Waals surface area contributed by atoms with E-state index in [1.165, 1.54) is 6.07 Å². The summed E-state index contributed by atoms with van der Waals surface area (Å²) in [4.78, 5) is 19.2. The molecular weight excluding hydrogens is 399 g/mol. The number of alkyl halides is 3.